The summed E-state index contributed by atoms with van der Waals surface area (Å²) >= 11 is 1.67. The van der Waals surface area contributed by atoms with E-state index in [1.807, 2.05) is 6.92 Å². The molecular weight excluding hydrogens is 242 g/mol. The first kappa shape index (κ1) is 13.5. The molecule has 0 unspecified atom stereocenters. The van der Waals surface area contributed by atoms with E-state index in [-0.39, 0.29) is 11.2 Å². The minimum absolute atomic E-state index is 0.0225. The normalized spacial score (nSPS) is 16.4. The third-order valence-corrected chi connectivity index (χ3v) is 4.64. The largest absolute Gasteiger partial charge is 0.352 e. The summed E-state index contributed by atoms with van der Waals surface area (Å²) < 4.78 is 0. The Kier molecular flexibility index (Phi) is 4.00. The van der Waals surface area contributed by atoms with Gasteiger partial charge in [-0.05, 0) is 51.7 Å². The Hall–Kier alpha value is -0.960. The molecule has 2 rings (SSSR count). The standard InChI is InChI=1S/C15H21NOS/c1-9-7-10(2)14(11(3)8-9)18-12(4)15(17)16-13-5-6-13/h7-8,12-13H,5-6H2,1-4H3,(H,16,17)/t12-/m1/s1. The van der Waals surface area contributed by atoms with Gasteiger partial charge in [-0.2, -0.15) is 0 Å². The van der Waals surface area contributed by atoms with Crippen LogP contribution in [0.3, 0.4) is 0 Å². The smallest absolute Gasteiger partial charge is 0.233 e. The number of amides is 1. The molecule has 1 aliphatic carbocycles. The number of rotatable bonds is 4. The van der Waals surface area contributed by atoms with Crippen LogP contribution >= 0.6 is 11.8 Å². The predicted octanol–water partition coefficient (Wildman–Crippen LogP) is 3.37. The molecular formula is C15H21NOS. The number of hydrogen-bond donors (Lipinski definition) is 1. The number of aryl methyl sites for hydroxylation is 3. The number of carbonyl (C=O) groups excluding carboxylic acids is 1. The van der Waals surface area contributed by atoms with Gasteiger partial charge < -0.3 is 5.32 Å². The molecule has 3 heteroatoms. The fraction of sp³-hybridized carbons (Fsp3) is 0.533. The maximum atomic E-state index is 12.0. The molecule has 1 N–H and O–H groups in total. The quantitative estimate of drug-likeness (QED) is 0.844. The first-order valence-electron chi connectivity index (χ1n) is 6.52. The van der Waals surface area contributed by atoms with Crippen LogP contribution in [0.15, 0.2) is 17.0 Å². The Morgan fingerprint density at radius 3 is 2.33 bits per heavy atom. The van der Waals surface area contributed by atoms with Gasteiger partial charge in [-0.1, -0.05) is 17.7 Å². The molecule has 2 nitrogen and oxygen atoms in total. The van der Waals surface area contributed by atoms with Crippen molar-refractivity contribution in [2.75, 3.05) is 0 Å². The van der Waals surface area contributed by atoms with E-state index >= 15 is 0 Å². The van der Waals surface area contributed by atoms with Crippen molar-refractivity contribution in [3.05, 3.63) is 28.8 Å². The first-order chi connectivity index (χ1) is 8.47. The number of hydrogen-bond acceptors (Lipinski definition) is 2. The van der Waals surface area contributed by atoms with E-state index in [1.165, 1.54) is 21.6 Å². The average molecular weight is 263 g/mol. The zero-order valence-electron chi connectivity index (χ0n) is 11.5. The summed E-state index contributed by atoms with van der Waals surface area (Å²) in [6.07, 6.45) is 2.29. The molecule has 1 amide bonds. The lowest BCUT2D eigenvalue weighted by atomic mass is 10.1. The van der Waals surface area contributed by atoms with E-state index in [9.17, 15) is 4.79 Å². The summed E-state index contributed by atoms with van der Waals surface area (Å²) in [5, 5.41) is 3.04. The molecule has 0 bridgehead atoms. The summed E-state index contributed by atoms with van der Waals surface area (Å²) in [6, 6.07) is 4.81. The Morgan fingerprint density at radius 1 is 1.28 bits per heavy atom. The molecule has 1 fully saturated rings. The number of carbonyl (C=O) groups is 1. The van der Waals surface area contributed by atoms with Crippen molar-refractivity contribution in [1.82, 2.24) is 5.32 Å². The molecule has 1 aliphatic rings. The van der Waals surface area contributed by atoms with Crippen LogP contribution < -0.4 is 5.32 Å². The van der Waals surface area contributed by atoms with Crippen molar-refractivity contribution >= 4 is 17.7 Å². The van der Waals surface area contributed by atoms with E-state index in [0.29, 0.717) is 6.04 Å². The van der Waals surface area contributed by atoms with E-state index in [1.54, 1.807) is 11.8 Å². The van der Waals surface area contributed by atoms with Crippen molar-refractivity contribution in [2.45, 2.75) is 56.7 Å². The molecule has 0 saturated heterocycles. The fourth-order valence-corrected chi connectivity index (χ4v) is 3.15. The van der Waals surface area contributed by atoms with Crippen LogP contribution in [0, 0.1) is 20.8 Å². The van der Waals surface area contributed by atoms with E-state index < -0.39 is 0 Å². The topological polar surface area (TPSA) is 29.1 Å². The van der Waals surface area contributed by atoms with Gasteiger partial charge in [0.1, 0.15) is 0 Å². The molecule has 0 aromatic heterocycles. The molecule has 1 saturated carbocycles. The lowest BCUT2D eigenvalue weighted by Crippen LogP contribution is -2.32. The SMILES string of the molecule is Cc1cc(C)c(S[C@H](C)C(=O)NC2CC2)c(C)c1. The minimum Gasteiger partial charge on any atom is -0.352 e. The van der Waals surface area contributed by atoms with Crippen LogP contribution in [0.25, 0.3) is 0 Å². The molecule has 1 aromatic carbocycles. The van der Waals surface area contributed by atoms with Crippen LogP contribution in [0.5, 0.6) is 0 Å². The van der Waals surface area contributed by atoms with E-state index in [2.05, 4.69) is 38.2 Å². The predicted molar refractivity (Wildman–Crippen MR) is 77.1 cm³/mol. The van der Waals surface area contributed by atoms with Gasteiger partial charge >= 0.3 is 0 Å². The van der Waals surface area contributed by atoms with Crippen molar-refractivity contribution < 1.29 is 4.79 Å². The van der Waals surface area contributed by atoms with Crippen molar-refractivity contribution in [2.24, 2.45) is 0 Å². The molecule has 1 aromatic rings. The van der Waals surface area contributed by atoms with Crippen LogP contribution in [0.2, 0.25) is 0 Å². The first-order valence-corrected chi connectivity index (χ1v) is 7.40. The van der Waals surface area contributed by atoms with Crippen LogP contribution in [-0.4, -0.2) is 17.2 Å². The van der Waals surface area contributed by atoms with Gasteiger partial charge in [-0.25, -0.2) is 0 Å². The van der Waals surface area contributed by atoms with Gasteiger partial charge in [-0.3, -0.25) is 4.79 Å². The highest BCUT2D eigenvalue weighted by Crippen LogP contribution is 2.31. The molecule has 98 valence electrons. The molecule has 0 aliphatic heterocycles. The summed E-state index contributed by atoms with van der Waals surface area (Å²) in [7, 11) is 0. The average Bonchev–Trinajstić information content (AvgIpc) is 3.06. The zero-order chi connectivity index (χ0) is 13.3. The zero-order valence-corrected chi connectivity index (χ0v) is 12.4. The Labute approximate surface area is 114 Å². The summed E-state index contributed by atoms with van der Waals surface area (Å²) in [5.74, 6) is 0.168. The molecule has 1 atom stereocenters. The van der Waals surface area contributed by atoms with E-state index in [4.69, 9.17) is 0 Å². The summed E-state index contributed by atoms with van der Waals surface area (Å²) in [4.78, 5) is 13.2. The second-order valence-corrected chi connectivity index (χ2v) is 6.62. The molecule has 0 spiro atoms. The van der Waals surface area contributed by atoms with Crippen molar-refractivity contribution in [1.29, 1.82) is 0 Å². The second kappa shape index (κ2) is 5.35. The third-order valence-electron chi connectivity index (χ3n) is 3.19. The second-order valence-electron chi connectivity index (χ2n) is 5.27. The Bertz CT molecular complexity index is 443. The minimum atomic E-state index is -0.0225. The highest BCUT2D eigenvalue weighted by molar-refractivity contribution is 8.00. The lowest BCUT2D eigenvalue weighted by Gasteiger charge is -2.15. The summed E-state index contributed by atoms with van der Waals surface area (Å²) in [6.45, 7) is 8.33. The number of benzene rings is 1. The van der Waals surface area contributed by atoms with Gasteiger partial charge in [0.25, 0.3) is 0 Å². The highest BCUT2D eigenvalue weighted by atomic mass is 32.2. The lowest BCUT2D eigenvalue weighted by molar-refractivity contribution is -0.120. The van der Waals surface area contributed by atoms with Gasteiger partial charge in [0.15, 0.2) is 0 Å². The number of thioether (sulfide) groups is 1. The maximum absolute atomic E-state index is 12.0. The van der Waals surface area contributed by atoms with Gasteiger partial charge in [-0.15, -0.1) is 11.8 Å². The van der Waals surface area contributed by atoms with Crippen molar-refractivity contribution in [3.8, 4) is 0 Å². The van der Waals surface area contributed by atoms with Gasteiger partial charge in [0.05, 0.1) is 5.25 Å². The molecule has 0 heterocycles. The fourth-order valence-electron chi connectivity index (χ4n) is 2.13. The van der Waals surface area contributed by atoms with Gasteiger partial charge in [0.2, 0.25) is 5.91 Å². The van der Waals surface area contributed by atoms with Crippen LogP contribution in [0.1, 0.15) is 36.5 Å². The monoisotopic (exact) mass is 263 g/mol. The maximum Gasteiger partial charge on any atom is 0.233 e. The summed E-state index contributed by atoms with van der Waals surface area (Å²) in [5.41, 5.74) is 3.82. The van der Waals surface area contributed by atoms with Crippen molar-refractivity contribution in [3.63, 3.8) is 0 Å². The number of nitrogens with one attached hydrogen (secondary N) is 1. The molecule has 18 heavy (non-hydrogen) atoms. The van der Waals surface area contributed by atoms with E-state index in [0.717, 1.165) is 12.8 Å². The highest BCUT2D eigenvalue weighted by Gasteiger charge is 2.26. The third kappa shape index (κ3) is 3.29. The van der Waals surface area contributed by atoms with Gasteiger partial charge in [0, 0.05) is 10.9 Å². The molecule has 0 radical (unpaired) electrons. The Balaban J connectivity index is 2.05. The van der Waals surface area contributed by atoms with Crippen LogP contribution in [0.4, 0.5) is 0 Å². The van der Waals surface area contributed by atoms with Crippen LogP contribution in [-0.2, 0) is 4.79 Å². The Morgan fingerprint density at radius 2 is 1.83 bits per heavy atom.